The summed E-state index contributed by atoms with van der Waals surface area (Å²) < 4.78 is 0. The molecule has 1 fully saturated rings. The van der Waals surface area contributed by atoms with Crippen LogP contribution in [0.2, 0.25) is 0 Å². The number of rotatable bonds is 8. The topological polar surface area (TPSA) is 35.5 Å². The lowest BCUT2D eigenvalue weighted by Crippen LogP contribution is -2.31. The van der Waals surface area contributed by atoms with Gasteiger partial charge in [0.15, 0.2) is 0 Å². The van der Waals surface area contributed by atoms with E-state index in [4.69, 9.17) is 5.11 Å². The summed E-state index contributed by atoms with van der Waals surface area (Å²) in [6, 6.07) is 0.820. The maximum Gasteiger partial charge on any atom is 0.0512 e. The highest BCUT2D eigenvalue weighted by atomic mass is 16.3. The SMILES string of the molecule is CC(O)CCCN(C)CCNC1CC1. The molecule has 0 heterocycles. The minimum atomic E-state index is -0.145. The zero-order chi connectivity index (χ0) is 10.4. The lowest BCUT2D eigenvalue weighted by atomic mass is 10.2. The Hall–Kier alpha value is -0.120. The number of likely N-dealkylation sites (N-methyl/N-ethyl adjacent to an activating group) is 1. The third-order valence-electron chi connectivity index (χ3n) is 2.67. The van der Waals surface area contributed by atoms with E-state index in [0.717, 1.165) is 38.5 Å². The summed E-state index contributed by atoms with van der Waals surface area (Å²) in [4.78, 5) is 2.33. The van der Waals surface area contributed by atoms with Crippen LogP contribution in [0.3, 0.4) is 0 Å². The number of aliphatic hydroxyl groups excluding tert-OH is 1. The van der Waals surface area contributed by atoms with Crippen LogP contribution >= 0.6 is 0 Å². The highest BCUT2D eigenvalue weighted by Gasteiger charge is 2.19. The Morgan fingerprint density at radius 1 is 1.43 bits per heavy atom. The van der Waals surface area contributed by atoms with Gasteiger partial charge in [0.25, 0.3) is 0 Å². The summed E-state index contributed by atoms with van der Waals surface area (Å²) in [5.41, 5.74) is 0. The van der Waals surface area contributed by atoms with Gasteiger partial charge in [0, 0.05) is 19.1 Å². The molecule has 0 aromatic carbocycles. The third-order valence-corrected chi connectivity index (χ3v) is 2.67. The second-order valence-electron chi connectivity index (χ2n) is 4.52. The van der Waals surface area contributed by atoms with Crippen LogP contribution in [-0.2, 0) is 0 Å². The Bertz CT molecular complexity index is 138. The molecule has 14 heavy (non-hydrogen) atoms. The van der Waals surface area contributed by atoms with Crippen LogP contribution in [-0.4, -0.2) is 48.8 Å². The van der Waals surface area contributed by atoms with E-state index in [-0.39, 0.29) is 6.10 Å². The molecule has 1 saturated carbocycles. The summed E-state index contributed by atoms with van der Waals surface area (Å²) in [5, 5.41) is 12.6. The molecule has 1 aliphatic rings. The van der Waals surface area contributed by atoms with Gasteiger partial charge in [-0.25, -0.2) is 0 Å². The van der Waals surface area contributed by atoms with Gasteiger partial charge in [-0.1, -0.05) is 0 Å². The average molecular weight is 200 g/mol. The smallest absolute Gasteiger partial charge is 0.0512 e. The van der Waals surface area contributed by atoms with Gasteiger partial charge in [-0.05, 0) is 46.2 Å². The van der Waals surface area contributed by atoms with Gasteiger partial charge in [-0.3, -0.25) is 0 Å². The molecule has 0 saturated heterocycles. The fourth-order valence-electron chi connectivity index (χ4n) is 1.52. The first-order chi connectivity index (χ1) is 6.68. The highest BCUT2D eigenvalue weighted by molar-refractivity contribution is 4.80. The Balaban J connectivity index is 1.84. The minimum absolute atomic E-state index is 0.145. The largest absolute Gasteiger partial charge is 0.393 e. The van der Waals surface area contributed by atoms with Crippen LogP contribution in [0.4, 0.5) is 0 Å². The van der Waals surface area contributed by atoms with Crippen LogP contribution in [0.5, 0.6) is 0 Å². The fourth-order valence-corrected chi connectivity index (χ4v) is 1.52. The molecule has 3 nitrogen and oxygen atoms in total. The van der Waals surface area contributed by atoms with Gasteiger partial charge >= 0.3 is 0 Å². The summed E-state index contributed by atoms with van der Waals surface area (Å²) in [5.74, 6) is 0. The number of hydrogen-bond acceptors (Lipinski definition) is 3. The molecule has 0 radical (unpaired) electrons. The molecular formula is C11H24N2O. The molecule has 1 rings (SSSR count). The summed E-state index contributed by atoms with van der Waals surface area (Å²) >= 11 is 0. The van der Waals surface area contributed by atoms with Crippen LogP contribution in [0, 0.1) is 0 Å². The first-order valence-corrected chi connectivity index (χ1v) is 5.78. The van der Waals surface area contributed by atoms with Crippen LogP contribution < -0.4 is 5.32 Å². The van der Waals surface area contributed by atoms with Gasteiger partial charge in [0.1, 0.15) is 0 Å². The molecule has 1 unspecified atom stereocenters. The number of nitrogens with one attached hydrogen (secondary N) is 1. The minimum Gasteiger partial charge on any atom is -0.393 e. The van der Waals surface area contributed by atoms with Crippen LogP contribution in [0.1, 0.15) is 32.6 Å². The molecule has 0 aromatic heterocycles. The van der Waals surface area contributed by atoms with Crippen molar-refractivity contribution in [3.05, 3.63) is 0 Å². The molecule has 0 aromatic rings. The second kappa shape index (κ2) is 6.38. The van der Waals surface area contributed by atoms with Crippen molar-refractivity contribution < 1.29 is 5.11 Å². The van der Waals surface area contributed by atoms with Gasteiger partial charge in [0.2, 0.25) is 0 Å². The highest BCUT2D eigenvalue weighted by Crippen LogP contribution is 2.17. The van der Waals surface area contributed by atoms with E-state index in [1.54, 1.807) is 0 Å². The summed E-state index contributed by atoms with van der Waals surface area (Å²) in [6.07, 6.45) is 4.60. The molecule has 0 amide bonds. The lowest BCUT2D eigenvalue weighted by molar-refractivity contribution is 0.174. The monoisotopic (exact) mass is 200 g/mol. The summed E-state index contributed by atoms with van der Waals surface area (Å²) in [7, 11) is 2.15. The van der Waals surface area contributed by atoms with Crippen LogP contribution in [0.15, 0.2) is 0 Å². The molecule has 0 spiro atoms. The van der Waals surface area contributed by atoms with Crippen LogP contribution in [0.25, 0.3) is 0 Å². The van der Waals surface area contributed by atoms with Crippen molar-refractivity contribution in [2.45, 2.75) is 44.8 Å². The Labute approximate surface area is 87.5 Å². The summed E-state index contributed by atoms with van der Waals surface area (Å²) in [6.45, 7) is 5.18. The maximum absolute atomic E-state index is 9.09. The standard InChI is InChI=1S/C11H24N2O/c1-10(14)4-3-8-13(2)9-7-12-11-5-6-11/h10-12,14H,3-9H2,1-2H3. The van der Waals surface area contributed by atoms with Crippen molar-refractivity contribution in [3.8, 4) is 0 Å². The Morgan fingerprint density at radius 3 is 2.71 bits per heavy atom. The van der Waals surface area contributed by atoms with E-state index in [1.165, 1.54) is 12.8 Å². The first kappa shape index (κ1) is 12.0. The first-order valence-electron chi connectivity index (χ1n) is 5.78. The van der Waals surface area contributed by atoms with Crippen molar-refractivity contribution in [2.24, 2.45) is 0 Å². The second-order valence-corrected chi connectivity index (χ2v) is 4.52. The number of aliphatic hydroxyl groups is 1. The molecule has 0 bridgehead atoms. The van der Waals surface area contributed by atoms with Crippen molar-refractivity contribution in [1.29, 1.82) is 0 Å². The van der Waals surface area contributed by atoms with Gasteiger partial charge in [-0.2, -0.15) is 0 Å². The van der Waals surface area contributed by atoms with E-state index in [9.17, 15) is 0 Å². The molecule has 1 aliphatic carbocycles. The average Bonchev–Trinajstić information content (AvgIpc) is 2.87. The molecule has 84 valence electrons. The van der Waals surface area contributed by atoms with Gasteiger partial charge in [-0.15, -0.1) is 0 Å². The molecule has 2 N–H and O–H groups in total. The third kappa shape index (κ3) is 6.35. The van der Waals surface area contributed by atoms with E-state index < -0.39 is 0 Å². The van der Waals surface area contributed by atoms with Gasteiger partial charge < -0.3 is 15.3 Å². The normalized spacial score (nSPS) is 18.9. The van der Waals surface area contributed by atoms with E-state index in [0.29, 0.717) is 0 Å². The molecule has 0 aliphatic heterocycles. The number of nitrogens with zero attached hydrogens (tertiary/aromatic N) is 1. The van der Waals surface area contributed by atoms with E-state index in [1.807, 2.05) is 6.92 Å². The molecule has 1 atom stereocenters. The molecule has 3 heteroatoms. The van der Waals surface area contributed by atoms with Crippen molar-refractivity contribution >= 4 is 0 Å². The molecular weight excluding hydrogens is 176 g/mol. The Kier molecular flexibility index (Phi) is 5.45. The van der Waals surface area contributed by atoms with Crippen molar-refractivity contribution in [3.63, 3.8) is 0 Å². The Morgan fingerprint density at radius 2 is 2.14 bits per heavy atom. The predicted molar refractivity (Wildman–Crippen MR) is 59.4 cm³/mol. The maximum atomic E-state index is 9.09. The predicted octanol–water partition coefficient (Wildman–Crippen LogP) is 0.831. The zero-order valence-electron chi connectivity index (χ0n) is 9.50. The quantitative estimate of drug-likeness (QED) is 0.609. The van der Waals surface area contributed by atoms with E-state index >= 15 is 0 Å². The van der Waals surface area contributed by atoms with Crippen molar-refractivity contribution in [2.75, 3.05) is 26.7 Å². The lowest BCUT2D eigenvalue weighted by Gasteiger charge is -2.17. The number of hydrogen-bond donors (Lipinski definition) is 2. The fraction of sp³-hybridized carbons (Fsp3) is 1.00. The van der Waals surface area contributed by atoms with Crippen molar-refractivity contribution in [1.82, 2.24) is 10.2 Å². The van der Waals surface area contributed by atoms with Gasteiger partial charge in [0.05, 0.1) is 6.10 Å². The zero-order valence-corrected chi connectivity index (χ0v) is 9.50. The van der Waals surface area contributed by atoms with E-state index in [2.05, 4.69) is 17.3 Å².